The largest absolute Gasteiger partial charge is 0.496 e. The average molecular weight is 356 g/mol. The first kappa shape index (κ1) is 19.0. The van der Waals surface area contributed by atoms with Crippen LogP contribution in [0.5, 0.6) is 11.5 Å². The van der Waals surface area contributed by atoms with Crippen molar-refractivity contribution in [1.29, 1.82) is 0 Å². The van der Waals surface area contributed by atoms with Crippen LogP contribution in [-0.2, 0) is 9.53 Å². The molecule has 0 aliphatic rings. The number of carbonyl (C=O) groups is 2. The lowest BCUT2D eigenvalue weighted by atomic mass is 10.2. The number of para-hydroxylation sites is 2. The predicted octanol–water partition coefficient (Wildman–Crippen LogP) is 2.40. The van der Waals surface area contributed by atoms with Gasteiger partial charge in [0.2, 0.25) is 0 Å². The third kappa shape index (κ3) is 5.34. The van der Waals surface area contributed by atoms with Gasteiger partial charge < -0.3 is 14.2 Å². The SMILES string of the molecule is CCOC(=O)COc1ccccc1/C=N/NC(=O)c1ccccc1OC. The molecule has 0 atom stereocenters. The first-order chi connectivity index (χ1) is 12.7. The van der Waals surface area contributed by atoms with Crippen LogP contribution in [0.3, 0.4) is 0 Å². The van der Waals surface area contributed by atoms with Crippen LogP contribution in [0.2, 0.25) is 0 Å². The smallest absolute Gasteiger partial charge is 0.344 e. The summed E-state index contributed by atoms with van der Waals surface area (Å²) in [6.07, 6.45) is 1.44. The van der Waals surface area contributed by atoms with Crippen LogP contribution >= 0.6 is 0 Å². The van der Waals surface area contributed by atoms with Gasteiger partial charge in [-0.3, -0.25) is 4.79 Å². The Morgan fingerprint density at radius 3 is 2.50 bits per heavy atom. The van der Waals surface area contributed by atoms with Gasteiger partial charge >= 0.3 is 5.97 Å². The Bertz CT molecular complexity index is 789. The molecule has 7 heteroatoms. The van der Waals surface area contributed by atoms with Crippen molar-refractivity contribution in [3.8, 4) is 11.5 Å². The molecule has 0 heterocycles. The number of amides is 1. The third-order valence-electron chi connectivity index (χ3n) is 3.29. The van der Waals surface area contributed by atoms with Crippen molar-refractivity contribution in [2.75, 3.05) is 20.3 Å². The summed E-state index contributed by atoms with van der Waals surface area (Å²) in [5, 5.41) is 3.94. The van der Waals surface area contributed by atoms with Crippen LogP contribution in [0.1, 0.15) is 22.8 Å². The minimum Gasteiger partial charge on any atom is -0.496 e. The number of benzene rings is 2. The van der Waals surface area contributed by atoms with Crippen molar-refractivity contribution in [3.05, 3.63) is 59.7 Å². The monoisotopic (exact) mass is 356 g/mol. The summed E-state index contributed by atoms with van der Waals surface area (Å²) in [5.74, 6) is 0.0570. The van der Waals surface area contributed by atoms with E-state index in [-0.39, 0.29) is 6.61 Å². The summed E-state index contributed by atoms with van der Waals surface area (Å²) < 4.78 is 15.4. The van der Waals surface area contributed by atoms with Gasteiger partial charge in [0.25, 0.3) is 5.91 Å². The van der Waals surface area contributed by atoms with Gasteiger partial charge in [0.15, 0.2) is 6.61 Å². The molecule has 0 saturated carbocycles. The molecule has 2 rings (SSSR count). The molecule has 0 unspecified atom stereocenters. The molecule has 0 aliphatic heterocycles. The summed E-state index contributed by atoms with van der Waals surface area (Å²) in [6.45, 7) is 1.81. The lowest BCUT2D eigenvalue weighted by Crippen LogP contribution is -2.18. The quantitative estimate of drug-likeness (QED) is 0.446. The van der Waals surface area contributed by atoms with Crippen LogP contribution in [0.4, 0.5) is 0 Å². The van der Waals surface area contributed by atoms with Gasteiger partial charge in [0.05, 0.1) is 25.5 Å². The Balaban J connectivity index is 2.02. The van der Waals surface area contributed by atoms with Crippen molar-refractivity contribution in [2.24, 2.45) is 5.10 Å². The van der Waals surface area contributed by atoms with E-state index in [9.17, 15) is 9.59 Å². The first-order valence-electron chi connectivity index (χ1n) is 7.99. The highest BCUT2D eigenvalue weighted by Gasteiger charge is 2.10. The topological polar surface area (TPSA) is 86.2 Å². The minimum absolute atomic E-state index is 0.202. The zero-order chi connectivity index (χ0) is 18.8. The molecule has 7 nitrogen and oxygen atoms in total. The van der Waals surface area contributed by atoms with Gasteiger partial charge in [-0.1, -0.05) is 24.3 Å². The Hall–Kier alpha value is -3.35. The molecule has 2 aromatic carbocycles. The highest BCUT2D eigenvalue weighted by molar-refractivity contribution is 5.97. The lowest BCUT2D eigenvalue weighted by molar-refractivity contribution is -0.145. The van der Waals surface area contributed by atoms with Crippen molar-refractivity contribution in [3.63, 3.8) is 0 Å². The van der Waals surface area contributed by atoms with E-state index in [2.05, 4.69) is 10.5 Å². The summed E-state index contributed by atoms with van der Waals surface area (Å²) in [7, 11) is 1.49. The van der Waals surface area contributed by atoms with E-state index >= 15 is 0 Å². The fraction of sp³-hybridized carbons (Fsp3) is 0.211. The number of carbonyl (C=O) groups excluding carboxylic acids is 2. The molecule has 1 N–H and O–H groups in total. The van der Waals surface area contributed by atoms with E-state index in [4.69, 9.17) is 14.2 Å². The molecule has 0 aliphatic carbocycles. The van der Waals surface area contributed by atoms with Gasteiger partial charge in [-0.05, 0) is 31.2 Å². The maximum absolute atomic E-state index is 12.2. The number of esters is 1. The fourth-order valence-corrected chi connectivity index (χ4v) is 2.11. The van der Waals surface area contributed by atoms with Crippen molar-refractivity contribution < 1.29 is 23.8 Å². The number of methoxy groups -OCH3 is 1. The second-order valence-corrected chi connectivity index (χ2v) is 5.03. The van der Waals surface area contributed by atoms with Crippen LogP contribution in [0, 0.1) is 0 Å². The molecule has 0 radical (unpaired) electrons. The molecule has 0 fully saturated rings. The number of hydrogen-bond acceptors (Lipinski definition) is 6. The summed E-state index contributed by atoms with van der Waals surface area (Å²) in [5.41, 5.74) is 3.42. The van der Waals surface area contributed by atoms with Crippen LogP contribution in [-0.4, -0.2) is 38.4 Å². The molecule has 0 spiro atoms. The molecular weight excluding hydrogens is 336 g/mol. The van der Waals surface area contributed by atoms with Gasteiger partial charge in [0, 0.05) is 5.56 Å². The van der Waals surface area contributed by atoms with Crippen LogP contribution in [0.15, 0.2) is 53.6 Å². The average Bonchev–Trinajstić information content (AvgIpc) is 2.67. The van der Waals surface area contributed by atoms with Crippen molar-refractivity contribution in [1.82, 2.24) is 5.43 Å². The number of rotatable bonds is 8. The number of nitrogens with zero attached hydrogens (tertiary/aromatic N) is 1. The zero-order valence-corrected chi connectivity index (χ0v) is 14.6. The van der Waals surface area contributed by atoms with Crippen LogP contribution in [0.25, 0.3) is 0 Å². The zero-order valence-electron chi connectivity index (χ0n) is 14.6. The Morgan fingerprint density at radius 2 is 1.77 bits per heavy atom. The van der Waals surface area contributed by atoms with E-state index in [1.165, 1.54) is 13.3 Å². The van der Waals surface area contributed by atoms with E-state index in [0.29, 0.717) is 29.2 Å². The second kappa shape index (κ2) is 9.83. The fourth-order valence-electron chi connectivity index (χ4n) is 2.11. The molecule has 136 valence electrons. The second-order valence-electron chi connectivity index (χ2n) is 5.03. The number of hydrogen-bond donors (Lipinski definition) is 1. The van der Waals surface area contributed by atoms with Crippen molar-refractivity contribution in [2.45, 2.75) is 6.92 Å². The molecule has 0 saturated heterocycles. The van der Waals surface area contributed by atoms with E-state index in [0.717, 1.165) is 0 Å². The standard InChI is InChI=1S/C19H20N2O5/c1-3-25-18(22)13-26-16-10-6-4-8-14(16)12-20-21-19(23)15-9-5-7-11-17(15)24-2/h4-12H,3,13H2,1-2H3,(H,21,23)/b20-12+. The van der Waals surface area contributed by atoms with Gasteiger partial charge in [0.1, 0.15) is 11.5 Å². The van der Waals surface area contributed by atoms with E-state index in [1.807, 2.05) is 0 Å². The van der Waals surface area contributed by atoms with E-state index < -0.39 is 11.9 Å². The highest BCUT2D eigenvalue weighted by atomic mass is 16.6. The Kier molecular flexibility index (Phi) is 7.17. The summed E-state index contributed by atoms with van der Waals surface area (Å²) in [6, 6.07) is 13.8. The normalized spacial score (nSPS) is 10.4. The number of ether oxygens (including phenoxy) is 3. The molecule has 26 heavy (non-hydrogen) atoms. The maximum atomic E-state index is 12.2. The van der Waals surface area contributed by atoms with Gasteiger partial charge in [-0.15, -0.1) is 0 Å². The van der Waals surface area contributed by atoms with Crippen molar-refractivity contribution >= 4 is 18.1 Å². The Morgan fingerprint density at radius 1 is 1.08 bits per heavy atom. The summed E-state index contributed by atoms with van der Waals surface area (Å²) in [4.78, 5) is 23.6. The molecule has 0 bridgehead atoms. The molecule has 2 aromatic rings. The van der Waals surface area contributed by atoms with Gasteiger partial charge in [-0.25, -0.2) is 10.2 Å². The predicted molar refractivity (Wildman–Crippen MR) is 96.6 cm³/mol. The molecular formula is C19H20N2O5. The first-order valence-corrected chi connectivity index (χ1v) is 7.99. The van der Waals surface area contributed by atoms with E-state index in [1.54, 1.807) is 55.5 Å². The van der Waals surface area contributed by atoms with Crippen LogP contribution < -0.4 is 14.9 Å². The molecule has 1 amide bonds. The van der Waals surface area contributed by atoms with Gasteiger partial charge in [-0.2, -0.15) is 5.10 Å². The Labute approximate surface area is 151 Å². The third-order valence-corrected chi connectivity index (χ3v) is 3.29. The molecule has 0 aromatic heterocycles. The summed E-state index contributed by atoms with van der Waals surface area (Å²) >= 11 is 0. The number of nitrogens with one attached hydrogen (secondary N) is 1. The minimum atomic E-state index is -0.455. The lowest BCUT2D eigenvalue weighted by Gasteiger charge is -2.08. The maximum Gasteiger partial charge on any atom is 0.344 e. The highest BCUT2D eigenvalue weighted by Crippen LogP contribution is 2.17. The number of hydrazone groups is 1.